The molecule has 8 heteroatoms. The molecule has 44 heavy (non-hydrogen) atoms. The largest absolute Gasteiger partial charge is 0.573 e. The van der Waals surface area contributed by atoms with E-state index in [4.69, 9.17) is 4.74 Å². The first kappa shape index (κ1) is 32.3. The van der Waals surface area contributed by atoms with Crippen molar-refractivity contribution >= 4 is 17.4 Å². The van der Waals surface area contributed by atoms with E-state index in [-0.39, 0.29) is 17.7 Å². The van der Waals surface area contributed by atoms with Crippen LogP contribution in [0, 0.1) is 0 Å². The van der Waals surface area contributed by atoms with Crippen LogP contribution < -0.4 is 14.4 Å². The molecule has 0 spiro atoms. The molecule has 0 heterocycles. The number of alkyl halides is 3. The third kappa shape index (κ3) is 8.96. The van der Waals surface area contributed by atoms with Gasteiger partial charge in [-0.3, -0.25) is 9.59 Å². The molecule has 4 rings (SSSR count). The molecule has 0 saturated heterocycles. The summed E-state index contributed by atoms with van der Waals surface area (Å²) in [4.78, 5) is 27.1. The Kier molecular flexibility index (Phi) is 10.1. The molecule has 0 aliphatic carbocycles. The van der Waals surface area contributed by atoms with Gasteiger partial charge < -0.3 is 14.4 Å². The molecule has 1 amide bonds. The standard InChI is InChI=1S/C36H36F3NO4/c1-25(41)34(42)40(23-9-8-12-26-10-6-5-7-11-26)32-24-28(27-13-18-31(19-14-27)44-36(37,38)39)15-22-33(32)43-30-20-16-29(17-21-30)35(2,3)4/h5-7,10-11,13-22,24H,8-9,12,23H2,1-4H3. The minimum Gasteiger partial charge on any atom is -0.455 e. The van der Waals surface area contributed by atoms with E-state index in [2.05, 4.69) is 25.5 Å². The maximum absolute atomic E-state index is 13.3. The first-order valence-corrected chi connectivity index (χ1v) is 14.5. The Bertz CT molecular complexity index is 1560. The number of nitrogens with zero attached hydrogens (tertiary/aromatic N) is 1. The van der Waals surface area contributed by atoms with Crippen molar-refractivity contribution in [1.29, 1.82) is 0 Å². The van der Waals surface area contributed by atoms with Crippen LogP contribution >= 0.6 is 0 Å². The summed E-state index contributed by atoms with van der Waals surface area (Å²) < 4.78 is 48.3. The van der Waals surface area contributed by atoms with E-state index in [1.807, 2.05) is 54.6 Å². The van der Waals surface area contributed by atoms with E-state index in [1.54, 1.807) is 18.2 Å². The highest BCUT2D eigenvalue weighted by Gasteiger charge is 2.31. The van der Waals surface area contributed by atoms with Gasteiger partial charge in [0.15, 0.2) is 5.75 Å². The zero-order chi connectivity index (χ0) is 31.9. The number of amides is 1. The Morgan fingerprint density at radius 1 is 0.750 bits per heavy atom. The number of hydrogen-bond donors (Lipinski definition) is 0. The fourth-order valence-corrected chi connectivity index (χ4v) is 4.76. The first-order valence-electron chi connectivity index (χ1n) is 14.5. The second-order valence-electron chi connectivity index (χ2n) is 11.6. The van der Waals surface area contributed by atoms with E-state index in [0.29, 0.717) is 34.7 Å². The lowest BCUT2D eigenvalue weighted by Gasteiger charge is -2.25. The van der Waals surface area contributed by atoms with Gasteiger partial charge in [0, 0.05) is 13.5 Å². The van der Waals surface area contributed by atoms with Crippen LogP contribution in [-0.2, 0) is 21.4 Å². The van der Waals surface area contributed by atoms with Crippen molar-refractivity contribution in [3.8, 4) is 28.4 Å². The number of carbonyl (C=O) groups excluding carboxylic acids is 2. The van der Waals surface area contributed by atoms with Crippen molar-refractivity contribution in [3.05, 3.63) is 108 Å². The summed E-state index contributed by atoms with van der Waals surface area (Å²) in [6.45, 7) is 7.85. The minimum absolute atomic E-state index is 0.0452. The molecule has 0 aromatic heterocycles. The summed E-state index contributed by atoms with van der Waals surface area (Å²) in [7, 11) is 0. The second-order valence-corrected chi connectivity index (χ2v) is 11.6. The van der Waals surface area contributed by atoms with Gasteiger partial charge in [0.1, 0.15) is 11.5 Å². The molecule has 5 nitrogen and oxygen atoms in total. The quantitative estimate of drug-likeness (QED) is 0.127. The summed E-state index contributed by atoms with van der Waals surface area (Å²) in [6, 6.07) is 28.3. The minimum atomic E-state index is -4.80. The van der Waals surface area contributed by atoms with Crippen LogP contribution in [0.25, 0.3) is 11.1 Å². The lowest BCUT2D eigenvalue weighted by Crippen LogP contribution is -2.36. The molecule has 0 radical (unpaired) electrons. The number of halogens is 3. The molecular formula is C36H36F3NO4. The Morgan fingerprint density at radius 2 is 1.36 bits per heavy atom. The number of aryl methyl sites for hydroxylation is 1. The molecular weight excluding hydrogens is 567 g/mol. The molecule has 0 aliphatic rings. The van der Waals surface area contributed by atoms with E-state index in [9.17, 15) is 22.8 Å². The predicted molar refractivity (Wildman–Crippen MR) is 166 cm³/mol. The smallest absolute Gasteiger partial charge is 0.455 e. The Balaban J connectivity index is 1.68. The number of Topliss-reactive ketones (excluding diaryl/α,β-unsaturated/α-hetero) is 1. The third-order valence-electron chi connectivity index (χ3n) is 7.11. The molecule has 0 unspecified atom stereocenters. The lowest BCUT2D eigenvalue weighted by molar-refractivity contribution is -0.274. The predicted octanol–water partition coefficient (Wildman–Crippen LogP) is 9.29. The molecule has 0 bridgehead atoms. The number of ether oxygens (including phenoxy) is 2. The van der Waals surface area contributed by atoms with Crippen LogP contribution in [0.2, 0.25) is 0 Å². The SMILES string of the molecule is CC(=O)C(=O)N(CCCCc1ccccc1)c1cc(-c2ccc(OC(F)(F)F)cc2)ccc1Oc1ccc(C(C)(C)C)cc1. The van der Waals surface area contributed by atoms with Gasteiger partial charge >= 0.3 is 6.36 Å². The molecule has 4 aromatic rings. The summed E-state index contributed by atoms with van der Waals surface area (Å²) in [5.41, 5.74) is 3.87. The van der Waals surface area contributed by atoms with Crippen LogP contribution in [0.15, 0.2) is 97.1 Å². The monoisotopic (exact) mass is 603 g/mol. The topological polar surface area (TPSA) is 55.8 Å². The zero-order valence-electron chi connectivity index (χ0n) is 25.3. The van der Waals surface area contributed by atoms with Crippen molar-refractivity contribution < 1.29 is 32.2 Å². The van der Waals surface area contributed by atoms with Gasteiger partial charge in [0.05, 0.1) is 5.69 Å². The average Bonchev–Trinajstić information content (AvgIpc) is 2.97. The Labute approximate surface area is 256 Å². The number of benzene rings is 4. The average molecular weight is 604 g/mol. The van der Waals surface area contributed by atoms with Crippen molar-refractivity contribution in [2.24, 2.45) is 0 Å². The first-order chi connectivity index (χ1) is 20.8. The number of unbranched alkanes of at least 4 members (excludes halogenated alkanes) is 1. The summed E-state index contributed by atoms with van der Waals surface area (Å²) in [5, 5.41) is 0. The van der Waals surface area contributed by atoms with E-state index >= 15 is 0 Å². The molecule has 0 fully saturated rings. The molecule has 0 N–H and O–H groups in total. The fourth-order valence-electron chi connectivity index (χ4n) is 4.76. The van der Waals surface area contributed by atoms with Gasteiger partial charge in [-0.25, -0.2) is 0 Å². The van der Waals surface area contributed by atoms with Crippen LogP contribution in [0.4, 0.5) is 18.9 Å². The maximum atomic E-state index is 13.3. The normalized spacial score (nSPS) is 11.6. The third-order valence-corrected chi connectivity index (χ3v) is 7.11. The van der Waals surface area contributed by atoms with Crippen LogP contribution in [-0.4, -0.2) is 24.6 Å². The highest BCUT2D eigenvalue weighted by molar-refractivity contribution is 6.40. The van der Waals surface area contributed by atoms with Gasteiger partial charge in [0.25, 0.3) is 5.91 Å². The fraction of sp³-hybridized carbons (Fsp3) is 0.278. The summed E-state index contributed by atoms with van der Waals surface area (Å²) >= 11 is 0. The van der Waals surface area contributed by atoms with Crippen LogP contribution in [0.3, 0.4) is 0 Å². The summed E-state index contributed by atoms with van der Waals surface area (Å²) in [5.74, 6) is -0.713. The molecule has 0 saturated carbocycles. The highest BCUT2D eigenvalue weighted by Crippen LogP contribution is 2.38. The number of carbonyl (C=O) groups is 2. The number of anilines is 1. The van der Waals surface area contributed by atoms with E-state index in [0.717, 1.165) is 18.4 Å². The van der Waals surface area contributed by atoms with Crippen molar-refractivity contribution in [2.75, 3.05) is 11.4 Å². The molecule has 230 valence electrons. The van der Waals surface area contributed by atoms with Crippen molar-refractivity contribution in [1.82, 2.24) is 0 Å². The molecule has 4 aromatic carbocycles. The highest BCUT2D eigenvalue weighted by atomic mass is 19.4. The lowest BCUT2D eigenvalue weighted by atomic mass is 9.87. The van der Waals surface area contributed by atoms with Gasteiger partial charge in [-0.05, 0) is 83.3 Å². The van der Waals surface area contributed by atoms with E-state index < -0.39 is 18.1 Å². The van der Waals surface area contributed by atoms with Gasteiger partial charge in [0.2, 0.25) is 5.78 Å². The van der Waals surface area contributed by atoms with Crippen molar-refractivity contribution in [3.63, 3.8) is 0 Å². The second kappa shape index (κ2) is 13.8. The summed E-state index contributed by atoms with van der Waals surface area (Å²) in [6.07, 6.45) is -2.57. The Morgan fingerprint density at radius 3 is 1.95 bits per heavy atom. The number of ketones is 1. The van der Waals surface area contributed by atoms with Gasteiger partial charge in [-0.15, -0.1) is 13.2 Å². The maximum Gasteiger partial charge on any atom is 0.573 e. The number of rotatable bonds is 11. The molecule has 0 aliphatic heterocycles. The van der Waals surface area contributed by atoms with Crippen LogP contribution in [0.1, 0.15) is 51.7 Å². The molecule has 0 atom stereocenters. The van der Waals surface area contributed by atoms with Gasteiger partial charge in [-0.2, -0.15) is 0 Å². The number of hydrogen-bond acceptors (Lipinski definition) is 4. The van der Waals surface area contributed by atoms with Gasteiger partial charge in [-0.1, -0.05) is 81.4 Å². The van der Waals surface area contributed by atoms with Crippen molar-refractivity contribution in [2.45, 2.75) is 58.7 Å². The van der Waals surface area contributed by atoms with Crippen LogP contribution in [0.5, 0.6) is 17.2 Å². The zero-order valence-corrected chi connectivity index (χ0v) is 25.3. The Hall–Kier alpha value is -4.59. The van der Waals surface area contributed by atoms with E-state index in [1.165, 1.54) is 41.7 Å².